The zero-order valence-corrected chi connectivity index (χ0v) is 14.1. The summed E-state index contributed by atoms with van der Waals surface area (Å²) in [4.78, 5) is 23.3. The minimum Gasteiger partial charge on any atom is -0.481 e. The van der Waals surface area contributed by atoms with Crippen LogP contribution in [0.1, 0.15) is 32.8 Å². The van der Waals surface area contributed by atoms with E-state index in [1.807, 2.05) is 39.0 Å². The normalized spacial score (nSPS) is 13.7. The maximum Gasteiger partial charge on any atom is 0.308 e. The van der Waals surface area contributed by atoms with Crippen LogP contribution in [0.5, 0.6) is 0 Å². The number of nitrogens with one attached hydrogen (secondary N) is 1. The first-order valence-electron chi connectivity index (χ1n) is 7.54. The number of halogens is 1. The lowest BCUT2D eigenvalue weighted by molar-refractivity contribution is -0.142. The molecule has 1 aromatic rings. The number of carbonyl (C=O) groups is 2. The molecule has 0 saturated heterocycles. The molecule has 0 bridgehead atoms. The van der Waals surface area contributed by atoms with Crippen LogP contribution in [0.3, 0.4) is 0 Å². The summed E-state index contributed by atoms with van der Waals surface area (Å²) in [7, 11) is 0. The second-order valence-corrected chi connectivity index (χ2v) is 6.58. The molecule has 0 aliphatic heterocycles. The molecule has 0 fully saturated rings. The first-order valence-corrected chi connectivity index (χ1v) is 7.92. The van der Waals surface area contributed by atoms with Gasteiger partial charge < -0.3 is 10.4 Å². The van der Waals surface area contributed by atoms with Crippen molar-refractivity contribution in [3.8, 4) is 0 Å². The van der Waals surface area contributed by atoms with E-state index in [-0.39, 0.29) is 24.3 Å². The van der Waals surface area contributed by atoms with E-state index < -0.39 is 11.9 Å². The third-order valence-electron chi connectivity index (χ3n) is 3.51. The van der Waals surface area contributed by atoms with Gasteiger partial charge in [-0.05, 0) is 36.5 Å². The summed E-state index contributed by atoms with van der Waals surface area (Å²) in [6.07, 6.45) is 1.13. The molecule has 0 saturated carbocycles. The lowest BCUT2D eigenvalue weighted by atomic mass is 9.96. The van der Waals surface area contributed by atoms with Crippen LogP contribution in [-0.2, 0) is 16.0 Å². The van der Waals surface area contributed by atoms with Gasteiger partial charge in [-0.25, -0.2) is 0 Å². The highest BCUT2D eigenvalue weighted by atomic mass is 35.5. The first-order chi connectivity index (χ1) is 10.3. The van der Waals surface area contributed by atoms with Crippen molar-refractivity contribution in [3.63, 3.8) is 0 Å². The molecule has 0 aliphatic carbocycles. The van der Waals surface area contributed by atoms with Crippen molar-refractivity contribution >= 4 is 23.5 Å². The molecule has 0 radical (unpaired) electrons. The van der Waals surface area contributed by atoms with E-state index >= 15 is 0 Å². The van der Waals surface area contributed by atoms with Gasteiger partial charge in [0.25, 0.3) is 0 Å². The zero-order chi connectivity index (χ0) is 16.7. The van der Waals surface area contributed by atoms with Gasteiger partial charge in [0.1, 0.15) is 0 Å². The number of carboxylic acids is 1. The lowest BCUT2D eigenvalue weighted by Crippen LogP contribution is -2.37. The van der Waals surface area contributed by atoms with Crippen LogP contribution >= 0.6 is 11.6 Å². The van der Waals surface area contributed by atoms with Crippen molar-refractivity contribution in [1.29, 1.82) is 0 Å². The molecule has 1 aromatic carbocycles. The Hall–Kier alpha value is -1.55. The minimum atomic E-state index is -0.864. The van der Waals surface area contributed by atoms with Crippen molar-refractivity contribution in [2.24, 2.45) is 17.8 Å². The van der Waals surface area contributed by atoms with E-state index in [0.717, 1.165) is 5.56 Å². The predicted molar refractivity (Wildman–Crippen MR) is 87.9 cm³/mol. The van der Waals surface area contributed by atoms with Crippen molar-refractivity contribution in [2.75, 3.05) is 6.54 Å². The number of rotatable bonds is 8. The lowest BCUT2D eigenvalue weighted by Gasteiger charge is -2.17. The molecular formula is C17H24ClNO3. The van der Waals surface area contributed by atoms with Gasteiger partial charge in [0.15, 0.2) is 0 Å². The summed E-state index contributed by atoms with van der Waals surface area (Å²) in [6.45, 7) is 5.94. The Morgan fingerprint density at radius 2 is 1.95 bits per heavy atom. The SMILES string of the molecule is CC(C)CC(CNC(=O)C(C)Cc1cccc(Cl)c1)C(=O)O. The zero-order valence-electron chi connectivity index (χ0n) is 13.3. The third kappa shape index (κ3) is 6.48. The molecule has 0 heterocycles. The highest BCUT2D eigenvalue weighted by Gasteiger charge is 2.21. The summed E-state index contributed by atoms with van der Waals surface area (Å²) in [5, 5.41) is 12.6. The molecule has 1 rings (SSSR count). The molecule has 0 aliphatic rings. The van der Waals surface area contributed by atoms with Gasteiger partial charge in [-0.15, -0.1) is 0 Å². The number of hydrogen-bond donors (Lipinski definition) is 2. The van der Waals surface area contributed by atoms with Crippen LogP contribution < -0.4 is 5.32 Å². The average Bonchev–Trinajstić information content (AvgIpc) is 2.42. The fourth-order valence-corrected chi connectivity index (χ4v) is 2.56. The maximum absolute atomic E-state index is 12.1. The number of amides is 1. The van der Waals surface area contributed by atoms with Crippen LogP contribution in [0, 0.1) is 17.8 Å². The van der Waals surface area contributed by atoms with E-state index in [4.69, 9.17) is 11.6 Å². The molecule has 2 atom stereocenters. The molecule has 22 heavy (non-hydrogen) atoms. The fraction of sp³-hybridized carbons (Fsp3) is 0.529. The molecular weight excluding hydrogens is 302 g/mol. The highest BCUT2D eigenvalue weighted by molar-refractivity contribution is 6.30. The molecule has 0 aromatic heterocycles. The van der Waals surface area contributed by atoms with E-state index in [9.17, 15) is 14.7 Å². The molecule has 1 amide bonds. The van der Waals surface area contributed by atoms with Gasteiger partial charge in [0.05, 0.1) is 5.92 Å². The fourth-order valence-electron chi connectivity index (χ4n) is 2.35. The maximum atomic E-state index is 12.1. The first kappa shape index (κ1) is 18.5. The Morgan fingerprint density at radius 1 is 1.27 bits per heavy atom. The summed E-state index contributed by atoms with van der Waals surface area (Å²) in [5.41, 5.74) is 0.993. The molecule has 2 unspecified atom stereocenters. The van der Waals surface area contributed by atoms with Crippen LogP contribution in [0.2, 0.25) is 5.02 Å². The van der Waals surface area contributed by atoms with Crippen LogP contribution in [0.15, 0.2) is 24.3 Å². The second kappa shape index (κ2) is 8.79. The topological polar surface area (TPSA) is 66.4 Å². The molecule has 5 heteroatoms. The Kier molecular flexibility index (Phi) is 7.39. The van der Waals surface area contributed by atoms with Gasteiger partial charge in [-0.3, -0.25) is 9.59 Å². The van der Waals surface area contributed by atoms with Gasteiger partial charge in [-0.1, -0.05) is 44.5 Å². The molecule has 0 spiro atoms. The Bertz CT molecular complexity index is 516. The van der Waals surface area contributed by atoms with Crippen LogP contribution in [0.4, 0.5) is 0 Å². The smallest absolute Gasteiger partial charge is 0.308 e. The van der Waals surface area contributed by atoms with Gasteiger partial charge in [0, 0.05) is 17.5 Å². The van der Waals surface area contributed by atoms with Crippen molar-refractivity contribution in [1.82, 2.24) is 5.32 Å². The predicted octanol–water partition coefficient (Wildman–Crippen LogP) is 3.38. The van der Waals surface area contributed by atoms with E-state index in [1.165, 1.54) is 0 Å². The number of aliphatic carboxylic acids is 1. The van der Waals surface area contributed by atoms with Gasteiger partial charge in [0.2, 0.25) is 5.91 Å². The van der Waals surface area contributed by atoms with E-state index in [2.05, 4.69) is 5.32 Å². The summed E-state index contributed by atoms with van der Waals surface area (Å²) >= 11 is 5.93. The number of carboxylic acid groups (broad SMARTS) is 1. The van der Waals surface area contributed by atoms with Crippen molar-refractivity contribution < 1.29 is 14.7 Å². The van der Waals surface area contributed by atoms with Crippen molar-refractivity contribution in [2.45, 2.75) is 33.6 Å². The van der Waals surface area contributed by atoms with Gasteiger partial charge in [-0.2, -0.15) is 0 Å². The third-order valence-corrected chi connectivity index (χ3v) is 3.74. The highest BCUT2D eigenvalue weighted by Crippen LogP contribution is 2.15. The Balaban J connectivity index is 2.51. The molecule has 2 N–H and O–H groups in total. The minimum absolute atomic E-state index is 0.130. The average molecular weight is 326 g/mol. The van der Waals surface area contributed by atoms with Gasteiger partial charge >= 0.3 is 5.97 Å². The Morgan fingerprint density at radius 3 is 2.50 bits per heavy atom. The summed E-state index contributed by atoms with van der Waals surface area (Å²) < 4.78 is 0. The van der Waals surface area contributed by atoms with Crippen LogP contribution in [-0.4, -0.2) is 23.5 Å². The van der Waals surface area contributed by atoms with Crippen LogP contribution in [0.25, 0.3) is 0 Å². The second-order valence-electron chi connectivity index (χ2n) is 6.14. The molecule has 122 valence electrons. The monoisotopic (exact) mass is 325 g/mol. The number of carbonyl (C=O) groups excluding carboxylic acids is 1. The number of benzene rings is 1. The number of hydrogen-bond acceptors (Lipinski definition) is 2. The van der Waals surface area contributed by atoms with E-state index in [1.54, 1.807) is 6.07 Å². The van der Waals surface area contributed by atoms with E-state index in [0.29, 0.717) is 17.9 Å². The van der Waals surface area contributed by atoms with Crippen molar-refractivity contribution in [3.05, 3.63) is 34.9 Å². The summed E-state index contributed by atoms with van der Waals surface area (Å²) in [5.74, 6) is -1.48. The largest absolute Gasteiger partial charge is 0.481 e. The quantitative estimate of drug-likeness (QED) is 0.770. The molecule has 4 nitrogen and oxygen atoms in total. The Labute approximate surface area is 136 Å². The summed E-state index contributed by atoms with van der Waals surface area (Å²) in [6, 6.07) is 7.41. The standard InChI is InChI=1S/C17H24ClNO3/c1-11(2)7-14(17(21)22)10-19-16(20)12(3)8-13-5-4-6-15(18)9-13/h4-6,9,11-12,14H,7-8,10H2,1-3H3,(H,19,20)(H,21,22).